The summed E-state index contributed by atoms with van der Waals surface area (Å²) in [6, 6.07) is 8.44. The molecule has 0 atom stereocenters. The first-order chi connectivity index (χ1) is 8.56. The summed E-state index contributed by atoms with van der Waals surface area (Å²) in [4.78, 5) is 0. The predicted molar refractivity (Wildman–Crippen MR) is 75.3 cm³/mol. The molecule has 1 heterocycles. The summed E-state index contributed by atoms with van der Waals surface area (Å²) in [5, 5.41) is 8.63. The summed E-state index contributed by atoms with van der Waals surface area (Å²) in [6.07, 6.45) is 1.96. The van der Waals surface area contributed by atoms with Crippen molar-refractivity contribution < 1.29 is 0 Å². The molecule has 0 bridgehead atoms. The average molecular weight is 264 g/mol. The first-order valence-corrected chi connectivity index (χ1v) is 6.48. The van der Waals surface area contributed by atoms with Crippen molar-refractivity contribution in [2.45, 2.75) is 33.4 Å². The molecule has 0 radical (unpaired) electrons. The van der Waals surface area contributed by atoms with Crippen LogP contribution in [0.2, 0.25) is 5.02 Å². The van der Waals surface area contributed by atoms with Gasteiger partial charge in [-0.2, -0.15) is 5.10 Å². The van der Waals surface area contributed by atoms with E-state index < -0.39 is 0 Å². The molecule has 18 heavy (non-hydrogen) atoms. The second kappa shape index (κ2) is 5.55. The van der Waals surface area contributed by atoms with Gasteiger partial charge in [-0.1, -0.05) is 31.5 Å². The lowest BCUT2D eigenvalue weighted by Crippen LogP contribution is -2.22. The number of aryl methyl sites for hydroxylation is 1. The van der Waals surface area contributed by atoms with E-state index >= 15 is 0 Å². The molecule has 3 nitrogen and oxygen atoms in total. The Hall–Kier alpha value is -1.32. The molecule has 4 heteroatoms. The monoisotopic (exact) mass is 263 g/mol. The second-order valence-corrected chi connectivity index (χ2v) is 5.13. The summed E-state index contributed by atoms with van der Waals surface area (Å²) >= 11 is 6.12. The number of halogens is 1. The maximum Gasteiger partial charge on any atom is 0.0766 e. The lowest BCUT2D eigenvalue weighted by atomic mass is 10.2. The molecule has 0 saturated heterocycles. The van der Waals surface area contributed by atoms with Crippen LogP contribution in [0.4, 0.5) is 0 Å². The Morgan fingerprint density at radius 2 is 2.11 bits per heavy atom. The van der Waals surface area contributed by atoms with Crippen molar-refractivity contribution in [1.82, 2.24) is 15.1 Å². The molecule has 1 aromatic carbocycles. The molecule has 0 saturated carbocycles. The van der Waals surface area contributed by atoms with Crippen LogP contribution in [-0.2, 0) is 6.54 Å². The fraction of sp³-hybridized carbons (Fsp3) is 0.357. The summed E-state index contributed by atoms with van der Waals surface area (Å²) in [7, 11) is 0. The van der Waals surface area contributed by atoms with Crippen LogP contribution in [0.3, 0.4) is 0 Å². The van der Waals surface area contributed by atoms with E-state index in [-0.39, 0.29) is 0 Å². The predicted octanol–water partition coefficient (Wildman–Crippen LogP) is 3.33. The van der Waals surface area contributed by atoms with E-state index in [1.165, 1.54) is 0 Å². The van der Waals surface area contributed by atoms with Crippen LogP contribution in [0.1, 0.15) is 25.1 Å². The van der Waals surface area contributed by atoms with Gasteiger partial charge in [0.25, 0.3) is 0 Å². The number of aromatic nitrogens is 2. The van der Waals surface area contributed by atoms with Crippen molar-refractivity contribution in [3.63, 3.8) is 0 Å². The fourth-order valence-electron chi connectivity index (χ4n) is 1.63. The zero-order valence-electron chi connectivity index (χ0n) is 10.9. The summed E-state index contributed by atoms with van der Waals surface area (Å²) < 4.78 is 1.85. The van der Waals surface area contributed by atoms with Crippen molar-refractivity contribution in [1.29, 1.82) is 0 Å². The van der Waals surface area contributed by atoms with Gasteiger partial charge in [0.2, 0.25) is 0 Å². The quantitative estimate of drug-likeness (QED) is 0.917. The number of nitrogens with zero attached hydrogens (tertiary/aromatic N) is 2. The Morgan fingerprint density at radius 1 is 1.33 bits per heavy atom. The van der Waals surface area contributed by atoms with Gasteiger partial charge in [-0.05, 0) is 30.7 Å². The van der Waals surface area contributed by atoms with Crippen molar-refractivity contribution in [2.24, 2.45) is 0 Å². The molecule has 1 aromatic heterocycles. The molecule has 0 aliphatic carbocycles. The first kappa shape index (κ1) is 13.1. The topological polar surface area (TPSA) is 29.9 Å². The molecular weight excluding hydrogens is 246 g/mol. The van der Waals surface area contributed by atoms with Crippen LogP contribution in [-0.4, -0.2) is 15.8 Å². The van der Waals surface area contributed by atoms with Gasteiger partial charge in [-0.25, -0.2) is 4.68 Å². The van der Waals surface area contributed by atoms with Crippen LogP contribution >= 0.6 is 11.6 Å². The Balaban J connectivity index is 2.16. The number of rotatable bonds is 4. The van der Waals surface area contributed by atoms with E-state index in [1.54, 1.807) is 0 Å². The fourth-order valence-corrected chi connectivity index (χ4v) is 1.81. The highest BCUT2D eigenvalue weighted by Crippen LogP contribution is 2.19. The summed E-state index contributed by atoms with van der Waals surface area (Å²) in [5.74, 6) is 0. The molecule has 2 rings (SSSR count). The molecule has 0 fully saturated rings. The van der Waals surface area contributed by atoms with Gasteiger partial charge in [0, 0.05) is 23.8 Å². The maximum atomic E-state index is 6.12. The third-order valence-corrected chi connectivity index (χ3v) is 3.16. The van der Waals surface area contributed by atoms with Crippen molar-refractivity contribution in [2.75, 3.05) is 0 Å². The Morgan fingerprint density at radius 3 is 2.78 bits per heavy atom. The van der Waals surface area contributed by atoms with E-state index in [9.17, 15) is 0 Å². The molecule has 0 spiro atoms. The molecular formula is C14H18ClN3. The van der Waals surface area contributed by atoms with Crippen LogP contribution in [0.15, 0.2) is 30.5 Å². The van der Waals surface area contributed by atoms with E-state index in [0.29, 0.717) is 6.04 Å². The molecule has 96 valence electrons. The highest BCUT2D eigenvalue weighted by Gasteiger charge is 2.03. The lowest BCUT2D eigenvalue weighted by Gasteiger charge is -2.06. The standard InChI is InChI=1S/C14H18ClN3/c1-10(2)16-9-12-6-7-18(17-12)13-5-4-11(3)14(15)8-13/h4-8,10,16H,9H2,1-3H3. The maximum absolute atomic E-state index is 6.12. The minimum atomic E-state index is 0.462. The van der Waals surface area contributed by atoms with E-state index in [1.807, 2.05) is 42.1 Å². The largest absolute Gasteiger partial charge is 0.309 e. The Bertz CT molecular complexity index is 532. The van der Waals surface area contributed by atoms with Crippen LogP contribution < -0.4 is 5.32 Å². The average Bonchev–Trinajstić information content (AvgIpc) is 2.79. The van der Waals surface area contributed by atoms with Crippen molar-refractivity contribution >= 4 is 11.6 Å². The molecule has 0 aliphatic heterocycles. The third-order valence-electron chi connectivity index (χ3n) is 2.76. The number of nitrogens with one attached hydrogen (secondary N) is 1. The van der Waals surface area contributed by atoms with Crippen LogP contribution in [0.25, 0.3) is 5.69 Å². The molecule has 0 amide bonds. The lowest BCUT2D eigenvalue weighted by molar-refractivity contribution is 0.578. The van der Waals surface area contributed by atoms with Gasteiger partial charge in [-0.15, -0.1) is 0 Å². The van der Waals surface area contributed by atoms with E-state index in [2.05, 4.69) is 24.3 Å². The molecule has 0 aliphatic rings. The van der Waals surface area contributed by atoms with Crippen molar-refractivity contribution in [3.8, 4) is 5.69 Å². The SMILES string of the molecule is Cc1ccc(-n2ccc(CNC(C)C)n2)cc1Cl. The highest BCUT2D eigenvalue weighted by molar-refractivity contribution is 6.31. The normalized spacial score (nSPS) is 11.2. The molecule has 0 unspecified atom stereocenters. The highest BCUT2D eigenvalue weighted by atomic mass is 35.5. The Labute approximate surface area is 113 Å². The van der Waals surface area contributed by atoms with Crippen LogP contribution in [0, 0.1) is 6.92 Å². The number of hydrogen-bond donors (Lipinski definition) is 1. The first-order valence-electron chi connectivity index (χ1n) is 6.10. The van der Waals surface area contributed by atoms with Gasteiger partial charge in [0.05, 0.1) is 11.4 Å². The van der Waals surface area contributed by atoms with Gasteiger partial charge < -0.3 is 5.32 Å². The zero-order valence-corrected chi connectivity index (χ0v) is 11.7. The van der Waals surface area contributed by atoms with Gasteiger partial charge in [0.15, 0.2) is 0 Å². The van der Waals surface area contributed by atoms with Gasteiger partial charge >= 0.3 is 0 Å². The van der Waals surface area contributed by atoms with E-state index in [0.717, 1.165) is 28.5 Å². The zero-order chi connectivity index (χ0) is 13.1. The van der Waals surface area contributed by atoms with E-state index in [4.69, 9.17) is 11.6 Å². The Kier molecular flexibility index (Phi) is 4.04. The van der Waals surface area contributed by atoms with Crippen molar-refractivity contribution in [3.05, 3.63) is 46.7 Å². The van der Waals surface area contributed by atoms with Crippen LogP contribution in [0.5, 0.6) is 0 Å². The van der Waals surface area contributed by atoms with Gasteiger partial charge in [-0.3, -0.25) is 0 Å². The molecule has 1 N–H and O–H groups in total. The minimum absolute atomic E-state index is 0.462. The third kappa shape index (κ3) is 3.12. The summed E-state index contributed by atoms with van der Waals surface area (Å²) in [6.45, 7) is 7.02. The second-order valence-electron chi connectivity index (χ2n) is 4.72. The molecule has 2 aromatic rings. The smallest absolute Gasteiger partial charge is 0.0766 e. The van der Waals surface area contributed by atoms with Gasteiger partial charge in [0.1, 0.15) is 0 Å². The number of benzene rings is 1. The number of hydrogen-bond acceptors (Lipinski definition) is 2. The minimum Gasteiger partial charge on any atom is -0.309 e. The summed E-state index contributed by atoms with van der Waals surface area (Å²) in [5.41, 5.74) is 3.09.